The number of amides is 1. The third-order valence-corrected chi connectivity index (χ3v) is 5.07. The smallest absolute Gasteiger partial charge is 0.328 e. The van der Waals surface area contributed by atoms with Crippen molar-refractivity contribution in [1.29, 1.82) is 0 Å². The topological polar surface area (TPSA) is 71.2 Å². The van der Waals surface area contributed by atoms with Gasteiger partial charge in [-0.1, -0.05) is 44.2 Å². The average Bonchev–Trinajstić information content (AvgIpc) is 2.95. The number of benzene rings is 1. The molecule has 2 rings (SSSR count). The van der Waals surface area contributed by atoms with Gasteiger partial charge in [0.2, 0.25) is 5.91 Å². The summed E-state index contributed by atoms with van der Waals surface area (Å²) in [6, 6.07) is 8.92. The molecule has 1 unspecified atom stereocenters. The van der Waals surface area contributed by atoms with Crippen molar-refractivity contribution in [1.82, 2.24) is 10.3 Å². The number of ether oxygens (including phenoxy) is 1. The maximum absolute atomic E-state index is 12.6. The van der Waals surface area contributed by atoms with Crippen molar-refractivity contribution in [3.8, 4) is 0 Å². The Hall–Kier alpha value is -2.56. The third-order valence-electron chi connectivity index (χ3n) is 5.07. The quantitative estimate of drug-likeness (QED) is 0.698. The van der Waals surface area contributed by atoms with Crippen LogP contribution in [-0.4, -0.2) is 30.0 Å². The van der Waals surface area contributed by atoms with Crippen LogP contribution in [0.25, 0.3) is 0 Å². The zero-order valence-corrected chi connectivity index (χ0v) is 16.9. The number of H-pyrrole nitrogens is 1. The molecule has 0 bridgehead atoms. The van der Waals surface area contributed by atoms with Gasteiger partial charge in [-0.05, 0) is 37.0 Å². The fourth-order valence-electron chi connectivity index (χ4n) is 3.66. The van der Waals surface area contributed by atoms with Crippen LogP contribution in [0.1, 0.15) is 54.3 Å². The fourth-order valence-corrected chi connectivity index (χ4v) is 3.66. The molecule has 0 aliphatic rings. The molecule has 0 radical (unpaired) electrons. The highest BCUT2D eigenvalue weighted by molar-refractivity contribution is 5.85. The molecule has 2 atom stereocenters. The summed E-state index contributed by atoms with van der Waals surface area (Å²) >= 11 is 0. The molecule has 1 amide bonds. The van der Waals surface area contributed by atoms with Crippen molar-refractivity contribution in [3.05, 3.63) is 58.4 Å². The number of esters is 1. The normalized spacial score (nSPS) is 13.1. The van der Waals surface area contributed by atoms with Gasteiger partial charge in [-0.15, -0.1) is 0 Å². The second-order valence-electron chi connectivity index (χ2n) is 7.06. The number of aryl methyl sites for hydroxylation is 1. The van der Waals surface area contributed by atoms with E-state index in [9.17, 15) is 9.59 Å². The molecule has 146 valence electrons. The van der Waals surface area contributed by atoms with Crippen LogP contribution >= 0.6 is 0 Å². The summed E-state index contributed by atoms with van der Waals surface area (Å²) < 4.78 is 4.87. The van der Waals surface area contributed by atoms with Crippen LogP contribution < -0.4 is 5.32 Å². The van der Waals surface area contributed by atoms with E-state index in [1.165, 1.54) is 18.2 Å². The van der Waals surface area contributed by atoms with Gasteiger partial charge in [0, 0.05) is 30.1 Å². The molecule has 27 heavy (non-hydrogen) atoms. The third kappa shape index (κ3) is 5.22. The number of carbonyl (C=O) groups excluding carboxylic acids is 2. The molecule has 2 N–H and O–H groups in total. The Morgan fingerprint density at radius 2 is 1.85 bits per heavy atom. The summed E-state index contributed by atoms with van der Waals surface area (Å²) in [6.07, 6.45) is 1.69. The molecule has 2 aromatic rings. The number of rotatable bonds is 8. The zero-order valence-electron chi connectivity index (χ0n) is 16.9. The first-order valence-corrected chi connectivity index (χ1v) is 9.46. The first kappa shape index (κ1) is 20.7. The van der Waals surface area contributed by atoms with Crippen molar-refractivity contribution in [2.45, 2.75) is 58.9 Å². The summed E-state index contributed by atoms with van der Waals surface area (Å²) in [5.41, 5.74) is 5.77. The van der Waals surface area contributed by atoms with Gasteiger partial charge in [0.05, 0.1) is 7.11 Å². The lowest BCUT2D eigenvalue weighted by molar-refractivity contribution is -0.145. The van der Waals surface area contributed by atoms with Crippen LogP contribution in [0.15, 0.2) is 30.3 Å². The fraction of sp³-hybridized carbons (Fsp3) is 0.455. The Bertz CT molecular complexity index is 780. The molecule has 1 heterocycles. The molecule has 5 nitrogen and oxygen atoms in total. The second kappa shape index (κ2) is 9.40. The minimum atomic E-state index is -0.685. The lowest BCUT2D eigenvalue weighted by Gasteiger charge is -2.18. The Morgan fingerprint density at radius 3 is 2.41 bits per heavy atom. The standard InChI is InChI=1S/C22H30N2O3/c1-6-18-15(3)21(23-16(18)4)14(2)12-20(25)24-19(22(26)27-5)13-17-10-8-7-9-11-17/h7-11,14,19,23H,6,12-13H2,1-5H3,(H,24,25)/t14?,19-/m0/s1. The molecule has 0 aliphatic heterocycles. The number of methoxy groups -OCH3 is 1. The molecule has 0 fully saturated rings. The van der Waals surface area contributed by atoms with E-state index in [2.05, 4.69) is 31.1 Å². The number of hydrogen-bond acceptors (Lipinski definition) is 3. The predicted octanol–water partition coefficient (Wildman–Crippen LogP) is 3.59. The summed E-state index contributed by atoms with van der Waals surface area (Å²) in [5, 5.41) is 2.84. The maximum Gasteiger partial charge on any atom is 0.328 e. The highest BCUT2D eigenvalue weighted by Crippen LogP contribution is 2.27. The van der Waals surface area contributed by atoms with Crippen LogP contribution in [0.3, 0.4) is 0 Å². The summed E-state index contributed by atoms with van der Waals surface area (Å²) in [7, 11) is 1.34. The first-order valence-electron chi connectivity index (χ1n) is 9.46. The molecule has 0 saturated carbocycles. The summed E-state index contributed by atoms with van der Waals surface area (Å²) in [4.78, 5) is 28.1. The van der Waals surface area contributed by atoms with E-state index in [0.717, 1.165) is 23.4 Å². The molecule has 0 spiro atoms. The summed E-state index contributed by atoms with van der Waals surface area (Å²) in [5.74, 6) is -0.544. The van der Waals surface area contributed by atoms with E-state index in [1.54, 1.807) is 0 Å². The van der Waals surface area contributed by atoms with Crippen LogP contribution in [0.5, 0.6) is 0 Å². The molecule has 1 aromatic heterocycles. The highest BCUT2D eigenvalue weighted by Gasteiger charge is 2.24. The number of aromatic nitrogens is 1. The second-order valence-corrected chi connectivity index (χ2v) is 7.06. The Kier molecular flexibility index (Phi) is 7.22. The number of nitrogens with one attached hydrogen (secondary N) is 2. The minimum absolute atomic E-state index is 0.0408. The van der Waals surface area contributed by atoms with Crippen LogP contribution in [0.4, 0.5) is 0 Å². The number of carbonyl (C=O) groups is 2. The lowest BCUT2D eigenvalue weighted by Crippen LogP contribution is -2.43. The van der Waals surface area contributed by atoms with E-state index in [-0.39, 0.29) is 11.8 Å². The number of aromatic amines is 1. The first-order chi connectivity index (χ1) is 12.9. The van der Waals surface area contributed by atoms with E-state index in [1.807, 2.05) is 37.3 Å². The van der Waals surface area contributed by atoms with Crippen molar-refractivity contribution < 1.29 is 14.3 Å². The zero-order chi connectivity index (χ0) is 20.0. The van der Waals surface area contributed by atoms with Crippen molar-refractivity contribution in [3.63, 3.8) is 0 Å². The molecule has 0 aliphatic carbocycles. The molecular weight excluding hydrogens is 340 g/mol. The van der Waals surface area contributed by atoms with Crippen molar-refractivity contribution in [2.24, 2.45) is 0 Å². The Morgan fingerprint density at radius 1 is 1.19 bits per heavy atom. The molecule has 1 aromatic carbocycles. The Balaban J connectivity index is 2.05. The lowest BCUT2D eigenvalue weighted by atomic mass is 9.97. The van der Waals surface area contributed by atoms with Crippen LogP contribution in [-0.2, 0) is 27.2 Å². The van der Waals surface area contributed by atoms with Gasteiger partial charge in [-0.2, -0.15) is 0 Å². The number of hydrogen-bond donors (Lipinski definition) is 2. The van der Waals surface area contributed by atoms with Crippen molar-refractivity contribution in [2.75, 3.05) is 7.11 Å². The predicted molar refractivity (Wildman–Crippen MR) is 107 cm³/mol. The van der Waals surface area contributed by atoms with Gasteiger partial charge in [-0.3, -0.25) is 4.79 Å². The summed E-state index contributed by atoms with van der Waals surface area (Å²) in [6.45, 7) is 8.32. The average molecular weight is 370 g/mol. The van der Waals surface area contributed by atoms with Gasteiger partial charge >= 0.3 is 5.97 Å². The van der Waals surface area contributed by atoms with Gasteiger partial charge in [0.25, 0.3) is 0 Å². The SMILES string of the molecule is CCc1c(C)[nH]c(C(C)CC(=O)N[C@@H](Cc2ccccc2)C(=O)OC)c1C. The monoisotopic (exact) mass is 370 g/mol. The van der Waals surface area contributed by atoms with Gasteiger partial charge in [0.1, 0.15) is 6.04 Å². The molecular formula is C22H30N2O3. The molecule has 0 saturated heterocycles. The van der Waals surface area contributed by atoms with Crippen LogP contribution in [0.2, 0.25) is 0 Å². The van der Waals surface area contributed by atoms with Gasteiger partial charge < -0.3 is 15.0 Å². The largest absolute Gasteiger partial charge is 0.467 e. The maximum atomic E-state index is 12.6. The molecule has 5 heteroatoms. The van der Waals surface area contributed by atoms with Crippen molar-refractivity contribution >= 4 is 11.9 Å². The van der Waals surface area contributed by atoms with E-state index in [4.69, 9.17) is 4.74 Å². The van der Waals surface area contributed by atoms with E-state index in [0.29, 0.717) is 12.8 Å². The highest BCUT2D eigenvalue weighted by atomic mass is 16.5. The minimum Gasteiger partial charge on any atom is -0.467 e. The van der Waals surface area contributed by atoms with E-state index < -0.39 is 12.0 Å². The van der Waals surface area contributed by atoms with Gasteiger partial charge in [-0.25, -0.2) is 4.79 Å². The van der Waals surface area contributed by atoms with E-state index >= 15 is 0 Å². The van der Waals surface area contributed by atoms with Crippen LogP contribution in [0, 0.1) is 13.8 Å². The Labute approximate surface area is 161 Å². The van der Waals surface area contributed by atoms with Gasteiger partial charge in [0.15, 0.2) is 0 Å².